The van der Waals surface area contributed by atoms with Crippen LogP contribution in [-0.2, 0) is 4.74 Å². The van der Waals surface area contributed by atoms with Crippen LogP contribution in [0.15, 0.2) is 12.1 Å². The molecule has 1 saturated heterocycles. The number of hydrogen-bond acceptors (Lipinski definition) is 6. The highest BCUT2D eigenvalue weighted by molar-refractivity contribution is 7.17. The molecule has 9 heteroatoms. The largest absolute Gasteiger partial charge is 0.378 e. The van der Waals surface area contributed by atoms with Crippen molar-refractivity contribution in [3.05, 3.63) is 27.1 Å². The fraction of sp³-hybridized carbons (Fsp3) is 0.400. The van der Waals surface area contributed by atoms with Crippen molar-refractivity contribution in [3.63, 3.8) is 0 Å². The zero-order valence-electron chi connectivity index (χ0n) is 9.83. The summed E-state index contributed by atoms with van der Waals surface area (Å²) in [5, 5.41) is 12.6. The van der Waals surface area contributed by atoms with Crippen molar-refractivity contribution in [1.29, 1.82) is 0 Å². The van der Waals surface area contributed by atoms with E-state index in [1.54, 1.807) is 0 Å². The van der Waals surface area contributed by atoms with Crippen LogP contribution >= 0.6 is 11.3 Å². The van der Waals surface area contributed by atoms with Crippen molar-refractivity contribution < 1.29 is 19.2 Å². The number of urea groups is 1. The summed E-state index contributed by atoms with van der Waals surface area (Å²) in [5.41, 5.74) is 0. The van der Waals surface area contributed by atoms with E-state index in [9.17, 15) is 19.7 Å². The van der Waals surface area contributed by atoms with Gasteiger partial charge in [-0.2, -0.15) is 0 Å². The molecule has 2 rings (SSSR count). The zero-order chi connectivity index (χ0) is 13.8. The van der Waals surface area contributed by atoms with Crippen molar-refractivity contribution in [2.24, 2.45) is 0 Å². The average molecular weight is 285 g/mol. The number of morpholine rings is 1. The van der Waals surface area contributed by atoms with E-state index in [1.807, 2.05) is 0 Å². The molecule has 0 aliphatic carbocycles. The Morgan fingerprint density at radius 2 is 2.05 bits per heavy atom. The van der Waals surface area contributed by atoms with Crippen LogP contribution in [0.1, 0.15) is 9.67 Å². The lowest BCUT2D eigenvalue weighted by Crippen LogP contribution is -2.47. The number of imide groups is 1. The third kappa shape index (κ3) is 3.26. The molecule has 3 amide bonds. The van der Waals surface area contributed by atoms with Gasteiger partial charge in [-0.05, 0) is 6.07 Å². The summed E-state index contributed by atoms with van der Waals surface area (Å²) >= 11 is 0.731. The van der Waals surface area contributed by atoms with E-state index in [4.69, 9.17) is 4.74 Å². The third-order valence-electron chi connectivity index (χ3n) is 2.51. The Morgan fingerprint density at radius 3 is 2.63 bits per heavy atom. The summed E-state index contributed by atoms with van der Waals surface area (Å²) in [6, 6.07) is 2.05. The summed E-state index contributed by atoms with van der Waals surface area (Å²) in [5.74, 6) is -0.630. The van der Waals surface area contributed by atoms with Gasteiger partial charge in [0.2, 0.25) is 0 Å². The van der Waals surface area contributed by atoms with Gasteiger partial charge >= 0.3 is 11.0 Å². The standard InChI is InChI=1S/C10H11N3O5S/c14-9(7-1-2-8(19-7)13(16)17)11-10(15)12-3-5-18-6-4-12/h1-2H,3-6H2,(H,11,14,15). The average Bonchev–Trinajstić information content (AvgIpc) is 2.89. The number of nitrogens with zero attached hydrogens (tertiary/aromatic N) is 2. The highest BCUT2D eigenvalue weighted by Crippen LogP contribution is 2.23. The molecular weight excluding hydrogens is 274 g/mol. The van der Waals surface area contributed by atoms with Gasteiger partial charge in [0.05, 0.1) is 23.0 Å². The smallest absolute Gasteiger partial charge is 0.324 e. The Balaban J connectivity index is 1.95. The molecule has 1 aliphatic heterocycles. The van der Waals surface area contributed by atoms with E-state index in [1.165, 1.54) is 17.0 Å². The number of hydrogen-bond donors (Lipinski definition) is 1. The molecule has 1 fully saturated rings. The molecule has 0 aromatic carbocycles. The van der Waals surface area contributed by atoms with Gasteiger partial charge in [-0.1, -0.05) is 11.3 Å². The SMILES string of the molecule is O=C(NC(=O)N1CCOCC1)c1ccc([N+](=O)[O-])s1. The number of ether oxygens (including phenoxy) is 1. The Bertz CT molecular complexity index is 509. The highest BCUT2D eigenvalue weighted by Gasteiger charge is 2.21. The minimum atomic E-state index is -0.630. The second kappa shape index (κ2) is 5.76. The molecule has 0 saturated carbocycles. The molecule has 0 unspecified atom stereocenters. The van der Waals surface area contributed by atoms with Crippen LogP contribution in [0.3, 0.4) is 0 Å². The van der Waals surface area contributed by atoms with Crippen molar-refractivity contribution in [3.8, 4) is 0 Å². The van der Waals surface area contributed by atoms with Crippen LogP contribution in [-0.4, -0.2) is 48.1 Å². The number of nitro groups is 1. The van der Waals surface area contributed by atoms with Crippen LogP contribution in [0.4, 0.5) is 9.80 Å². The van der Waals surface area contributed by atoms with Gasteiger partial charge in [0, 0.05) is 19.2 Å². The molecule has 19 heavy (non-hydrogen) atoms. The van der Waals surface area contributed by atoms with E-state index in [0.29, 0.717) is 26.3 Å². The van der Waals surface area contributed by atoms with E-state index >= 15 is 0 Å². The number of thiophene rings is 1. The summed E-state index contributed by atoms with van der Waals surface area (Å²) < 4.78 is 5.09. The molecular formula is C10H11N3O5S. The first-order valence-corrected chi connectivity index (χ1v) is 6.32. The van der Waals surface area contributed by atoms with Crippen LogP contribution in [0.5, 0.6) is 0 Å². The minimum Gasteiger partial charge on any atom is -0.378 e. The van der Waals surface area contributed by atoms with Crippen molar-refractivity contribution >= 4 is 28.3 Å². The van der Waals surface area contributed by atoms with Crippen LogP contribution in [0.2, 0.25) is 0 Å². The van der Waals surface area contributed by atoms with E-state index in [2.05, 4.69) is 5.32 Å². The normalized spacial score (nSPS) is 15.1. The predicted octanol–water partition coefficient (Wildman–Crippen LogP) is 0.838. The molecule has 102 valence electrons. The first-order chi connectivity index (χ1) is 9.08. The van der Waals surface area contributed by atoms with E-state index < -0.39 is 16.9 Å². The topological polar surface area (TPSA) is 102 Å². The lowest BCUT2D eigenvalue weighted by Gasteiger charge is -2.26. The molecule has 0 bridgehead atoms. The molecule has 2 heterocycles. The Morgan fingerprint density at radius 1 is 1.37 bits per heavy atom. The molecule has 0 spiro atoms. The maximum Gasteiger partial charge on any atom is 0.324 e. The summed E-state index contributed by atoms with van der Waals surface area (Å²) in [6.07, 6.45) is 0. The Kier molecular flexibility index (Phi) is 4.07. The van der Waals surface area contributed by atoms with Gasteiger partial charge in [-0.25, -0.2) is 4.79 Å². The fourth-order valence-electron chi connectivity index (χ4n) is 1.55. The summed E-state index contributed by atoms with van der Waals surface area (Å²) in [4.78, 5) is 35.0. The second-order valence-electron chi connectivity index (χ2n) is 3.75. The fourth-order valence-corrected chi connectivity index (χ4v) is 2.27. The van der Waals surface area contributed by atoms with Gasteiger partial charge in [-0.3, -0.25) is 20.2 Å². The van der Waals surface area contributed by atoms with Crippen molar-refractivity contribution in [2.45, 2.75) is 0 Å². The molecule has 1 aromatic heterocycles. The molecule has 1 N–H and O–H groups in total. The quantitative estimate of drug-likeness (QED) is 0.640. The van der Waals surface area contributed by atoms with E-state index in [-0.39, 0.29) is 9.88 Å². The van der Waals surface area contributed by atoms with Crippen LogP contribution < -0.4 is 5.32 Å². The molecule has 1 aliphatic rings. The van der Waals surface area contributed by atoms with Gasteiger partial charge in [-0.15, -0.1) is 0 Å². The zero-order valence-corrected chi connectivity index (χ0v) is 10.6. The van der Waals surface area contributed by atoms with Gasteiger partial charge in [0.15, 0.2) is 0 Å². The predicted molar refractivity (Wildman–Crippen MR) is 66.2 cm³/mol. The number of carbonyl (C=O) groups is 2. The molecule has 0 atom stereocenters. The lowest BCUT2D eigenvalue weighted by molar-refractivity contribution is -0.380. The highest BCUT2D eigenvalue weighted by atomic mass is 32.1. The molecule has 0 radical (unpaired) electrons. The maximum absolute atomic E-state index is 11.7. The monoisotopic (exact) mass is 285 g/mol. The maximum atomic E-state index is 11.7. The summed E-state index contributed by atoms with van der Waals surface area (Å²) in [7, 11) is 0. The third-order valence-corrected chi connectivity index (χ3v) is 3.55. The number of nitrogens with one attached hydrogen (secondary N) is 1. The second-order valence-corrected chi connectivity index (χ2v) is 4.82. The van der Waals surface area contributed by atoms with Crippen LogP contribution in [0, 0.1) is 10.1 Å². The minimum absolute atomic E-state index is 0.133. The summed E-state index contributed by atoms with van der Waals surface area (Å²) in [6.45, 7) is 1.71. The Labute approximate surface area is 112 Å². The number of carbonyl (C=O) groups excluding carboxylic acids is 2. The lowest BCUT2D eigenvalue weighted by atomic mass is 10.4. The van der Waals surface area contributed by atoms with Gasteiger partial charge < -0.3 is 9.64 Å². The van der Waals surface area contributed by atoms with E-state index in [0.717, 1.165) is 11.3 Å². The number of amides is 3. The number of rotatable bonds is 2. The van der Waals surface area contributed by atoms with Gasteiger partial charge in [0.1, 0.15) is 0 Å². The van der Waals surface area contributed by atoms with Crippen LogP contribution in [0.25, 0.3) is 0 Å². The first kappa shape index (κ1) is 13.4. The molecule has 1 aromatic rings. The van der Waals surface area contributed by atoms with Crippen molar-refractivity contribution in [1.82, 2.24) is 10.2 Å². The van der Waals surface area contributed by atoms with Crippen molar-refractivity contribution in [2.75, 3.05) is 26.3 Å². The Hall–Kier alpha value is -2.00. The molecule has 8 nitrogen and oxygen atoms in total. The van der Waals surface area contributed by atoms with Gasteiger partial charge in [0.25, 0.3) is 5.91 Å². The first-order valence-electron chi connectivity index (χ1n) is 5.50.